The standard InChI is InChI=1S/C22H21Cl4N3O/c23-15-3-7-21(25,8-4-15)12-27-20(30)18-17-13-1-2-14(11-13)19(17)29(28-18)22(26)9-5-16(24)6-10-22/h3-7,9,13-14H,1-2,8,10-12H2,(H,27,30). The molecule has 1 heterocycles. The van der Waals surface area contributed by atoms with Crippen LogP contribution >= 0.6 is 46.4 Å². The van der Waals surface area contributed by atoms with E-state index in [1.165, 1.54) is 0 Å². The zero-order valence-electron chi connectivity index (χ0n) is 16.2. The fourth-order valence-electron chi connectivity index (χ4n) is 5.00. The second-order valence-corrected chi connectivity index (χ2v) is 10.8. The predicted octanol–water partition coefficient (Wildman–Crippen LogP) is 6.01. The summed E-state index contributed by atoms with van der Waals surface area (Å²) in [4.78, 5) is 11.7. The number of hydrogen-bond acceptors (Lipinski definition) is 2. The predicted molar refractivity (Wildman–Crippen MR) is 122 cm³/mol. The second kappa shape index (κ2) is 7.44. The Morgan fingerprint density at radius 1 is 1.10 bits per heavy atom. The number of nitrogens with zero attached hydrogens (tertiary/aromatic N) is 2. The first kappa shape index (κ1) is 20.7. The third-order valence-electron chi connectivity index (χ3n) is 6.56. The molecule has 1 saturated carbocycles. The number of amides is 1. The van der Waals surface area contributed by atoms with Crippen molar-refractivity contribution in [2.45, 2.75) is 53.8 Å². The lowest BCUT2D eigenvalue weighted by atomic mass is 9.94. The molecule has 4 atom stereocenters. The second-order valence-electron chi connectivity index (χ2n) is 8.56. The van der Waals surface area contributed by atoms with Crippen molar-refractivity contribution in [3.05, 3.63) is 63.5 Å². The Bertz CT molecular complexity index is 1040. The monoisotopic (exact) mass is 483 g/mol. The molecule has 0 aliphatic heterocycles. The largest absolute Gasteiger partial charge is 0.349 e. The Morgan fingerprint density at radius 3 is 2.47 bits per heavy atom. The number of allylic oxidation sites excluding steroid dienone is 7. The van der Waals surface area contributed by atoms with Gasteiger partial charge >= 0.3 is 0 Å². The van der Waals surface area contributed by atoms with Gasteiger partial charge in [-0.15, -0.1) is 11.6 Å². The summed E-state index contributed by atoms with van der Waals surface area (Å²) in [5.41, 5.74) is 2.64. The van der Waals surface area contributed by atoms with Gasteiger partial charge < -0.3 is 5.32 Å². The number of alkyl halides is 2. The van der Waals surface area contributed by atoms with Gasteiger partial charge in [-0.25, -0.2) is 4.68 Å². The first-order valence-corrected chi connectivity index (χ1v) is 11.7. The normalized spacial score (nSPS) is 34.0. The average Bonchev–Trinajstić information content (AvgIpc) is 3.44. The van der Waals surface area contributed by atoms with Gasteiger partial charge in [-0.2, -0.15) is 5.10 Å². The number of rotatable bonds is 4. The van der Waals surface area contributed by atoms with Crippen molar-refractivity contribution in [1.82, 2.24) is 15.1 Å². The van der Waals surface area contributed by atoms with E-state index >= 15 is 0 Å². The summed E-state index contributed by atoms with van der Waals surface area (Å²) in [5, 5.41) is 9.05. The highest BCUT2D eigenvalue weighted by molar-refractivity contribution is 6.32. The summed E-state index contributed by atoms with van der Waals surface area (Å²) in [6.45, 7) is 0.296. The minimum absolute atomic E-state index is 0.208. The van der Waals surface area contributed by atoms with E-state index in [9.17, 15) is 4.79 Å². The van der Waals surface area contributed by atoms with Crippen LogP contribution in [0.3, 0.4) is 0 Å². The molecule has 2 bridgehead atoms. The molecule has 0 aromatic carbocycles. The molecule has 0 radical (unpaired) electrons. The molecule has 0 spiro atoms. The topological polar surface area (TPSA) is 46.9 Å². The van der Waals surface area contributed by atoms with Gasteiger partial charge in [0.05, 0.1) is 4.87 Å². The molecular weight excluding hydrogens is 464 g/mol. The molecular formula is C22H21Cl4N3O. The molecule has 30 heavy (non-hydrogen) atoms. The molecule has 5 rings (SSSR count). The third-order valence-corrected chi connectivity index (χ3v) is 7.97. The molecule has 8 heteroatoms. The smallest absolute Gasteiger partial charge is 0.272 e. The Kier molecular flexibility index (Phi) is 5.13. The zero-order chi connectivity index (χ0) is 21.1. The van der Waals surface area contributed by atoms with Crippen LogP contribution < -0.4 is 5.32 Å². The van der Waals surface area contributed by atoms with Crippen LogP contribution in [0.4, 0.5) is 0 Å². The first-order chi connectivity index (χ1) is 14.3. The SMILES string of the molecule is O=C(NCC1(Cl)C=CC(Cl)=CC1)c1nn(C2(Cl)C=CC(Cl)=CC2)c2c1C1CCC2C1. The zero-order valence-corrected chi connectivity index (χ0v) is 19.2. The lowest BCUT2D eigenvalue weighted by Crippen LogP contribution is -2.38. The van der Waals surface area contributed by atoms with Crippen LogP contribution in [0, 0.1) is 0 Å². The molecule has 0 saturated heterocycles. The van der Waals surface area contributed by atoms with Crippen LogP contribution in [-0.4, -0.2) is 27.1 Å². The van der Waals surface area contributed by atoms with Crippen LogP contribution in [-0.2, 0) is 5.00 Å². The van der Waals surface area contributed by atoms with Crippen molar-refractivity contribution >= 4 is 52.3 Å². The van der Waals surface area contributed by atoms with Crippen molar-refractivity contribution in [3.8, 4) is 0 Å². The Hall–Kier alpha value is -1.20. The molecule has 4 unspecified atom stereocenters. The lowest BCUT2D eigenvalue weighted by Gasteiger charge is -2.28. The summed E-state index contributed by atoms with van der Waals surface area (Å²) < 4.78 is 1.86. The van der Waals surface area contributed by atoms with E-state index in [1.54, 1.807) is 12.2 Å². The van der Waals surface area contributed by atoms with E-state index in [0.29, 0.717) is 47.0 Å². The molecule has 1 amide bonds. The Labute approximate surface area is 195 Å². The van der Waals surface area contributed by atoms with Gasteiger partial charge in [0.25, 0.3) is 5.91 Å². The van der Waals surface area contributed by atoms with Crippen LogP contribution in [0.5, 0.6) is 0 Å². The molecule has 1 aromatic heterocycles. The quantitative estimate of drug-likeness (QED) is 0.531. The van der Waals surface area contributed by atoms with Gasteiger partial charge in [-0.1, -0.05) is 53.0 Å². The van der Waals surface area contributed by atoms with Gasteiger partial charge in [-0.05, 0) is 49.8 Å². The molecule has 1 fully saturated rings. The van der Waals surface area contributed by atoms with Gasteiger partial charge in [0.15, 0.2) is 10.7 Å². The van der Waals surface area contributed by atoms with Gasteiger partial charge in [-0.3, -0.25) is 4.79 Å². The molecule has 4 aliphatic carbocycles. The van der Waals surface area contributed by atoms with Crippen molar-refractivity contribution in [1.29, 1.82) is 0 Å². The number of aromatic nitrogens is 2. The Balaban J connectivity index is 1.44. The van der Waals surface area contributed by atoms with E-state index in [0.717, 1.165) is 30.5 Å². The molecule has 1 aromatic rings. The number of halogens is 4. The fraction of sp³-hybridized carbons (Fsp3) is 0.455. The number of carbonyl (C=O) groups is 1. The minimum Gasteiger partial charge on any atom is -0.349 e. The highest BCUT2D eigenvalue weighted by Crippen LogP contribution is 2.55. The summed E-state index contributed by atoms with van der Waals surface area (Å²) in [5.74, 6) is 0.561. The molecule has 4 aliphatic rings. The first-order valence-electron chi connectivity index (χ1n) is 10.2. The lowest BCUT2D eigenvalue weighted by molar-refractivity contribution is 0.0943. The number of carbonyl (C=O) groups excluding carboxylic acids is 1. The van der Waals surface area contributed by atoms with E-state index in [-0.39, 0.29) is 5.91 Å². The molecule has 1 N–H and O–H groups in total. The number of hydrogen-bond donors (Lipinski definition) is 1. The maximum absolute atomic E-state index is 13.2. The minimum atomic E-state index is -0.840. The maximum atomic E-state index is 13.2. The third kappa shape index (κ3) is 3.46. The highest BCUT2D eigenvalue weighted by Gasteiger charge is 2.47. The van der Waals surface area contributed by atoms with Crippen LogP contribution in [0.1, 0.15) is 65.7 Å². The van der Waals surface area contributed by atoms with Crippen LogP contribution in [0.15, 0.2) is 46.5 Å². The van der Waals surface area contributed by atoms with E-state index in [2.05, 4.69) is 5.32 Å². The summed E-state index contributed by atoms with van der Waals surface area (Å²) in [7, 11) is 0. The maximum Gasteiger partial charge on any atom is 0.272 e. The summed E-state index contributed by atoms with van der Waals surface area (Å²) in [6, 6.07) is 0. The summed E-state index contributed by atoms with van der Waals surface area (Å²) >= 11 is 25.7. The number of nitrogens with one attached hydrogen (secondary N) is 1. The molecule has 158 valence electrons. The van der Waals surface area contributed by atoms with E-state index in [1.807, 2.05) is 29.0 Å². The number of fused-ring (bicyclic) bond motifs is 5. The van der Waals surface area contributed by atoms with Crippen molar-refractivity contribution < 1.29 is 4.79 Å². The van der Waals surface area contributed by atoms with E-state index in [4.69, 9.17) is 51.5 Å². The fourth-order valence-corrected chi connectivity index (χ4v) is 5.75. The van der Waals surface area contributed by atoms with Gasteiger partial charge in [0.2, 0.25) is 0 Å². The van der Waals surface area contributed by atoms with Gasteiger partial charge in [0.1, 0.15) is 0 Å². The van der Waals surface area contributed by atoms with Crippen molar-refractivity contribution in [2.24, 2.45) is 0 Å². The summed E-state index contributed by atoms with van der Waals surface area (Å²) in [6.07, 6.45) is 15.4. The van der Waals surface area contributed by atoms with Crippen LogP contribution in [0.25, 0.3) is 0 Å². The molecule has 4 nitrogen and oxygen atoms in total. The highest BCUT2D eigenvalue weighted by atomic mass is 35.5. The van der Waals surface area contributed by atoms with Crippen molar-refractivity contribution in [2.75, 3.05) is 6.54 Å². The average molecular weight is 485 g/mol. The van der Waals surface area contributed by atoms with Crippen LogP contribution in [0.2, 0.25) is 0 Å². The van der Waals surface area contributed by atoms with Gasteiger partial charge in [0, 0.05) is 40.2 Å². The van der Waals surface area contributed by atoms with Crippen molar-refractivity contribution in [3.63, 3.8) is 0 Å². The van der Waals surface area contributed by atoms with E-state index < -0.39 is 9.87 Å². The Morgan fingerprint density at radius 2 is 1.80 bits per heavy atom.